The van der Waals surface area contributed by atoms with Gasteiger partial charge in [0.2, 0.25) is 0 Å². The predicted molar refractivity (Wildman–Crippen MR) is 95.5 cm³/mol. The highest BCUT2D eigenvalue weighted by molar-refractivity contribution is 5.67. The van der Waals surface area contributed by atoms with Crippen molar-refractivity contribution in [1.82, 2.24) is 4.98 Å². The first-order valence-corrected chi connectivity index (χ1v) is 8.43. The molecule has 0 radical (unpaired) electrons. The lowest BCUT2D eigenvalue weighted by molar-refractivity contribution is -0.136. The third kappa shape index (κ3) is 4.47. The minimum atomic E-state index is -0.753. The summed E-state index contributed by atoms with van der Waals surface area (Å²) in [5, 5.41) is 12.4. The number of nitrogens with zero attached hydrogens (tertiary/aromatic N) is 2. The molecule has 1 fully saturated rings. The molecule has 5 nitrogen and oxygen atoms in total. The molecule has 2 N–H and O–H groups in total. The van der Waals surface area contributed by atoms with Crippen LogP contribution in [0.3, 0.4) is 0 Å². The van der Waals surface area contributed by atoms with Gasteiger partial charge < -0.3 is 15.3 Å². The Bertz CT molecular complexity index is 667. The molecule has 0 saturated carbocycles. The fourth-order valence-electron chi connectivity index (χ4n) is 3.14. The van der Waals surface area contributed by atoms with Gasteiger partial charge in [-0.25, -0.2) is 0 Å². The molecule has 24 heavy (non-hydrogen) atoms. The Kier molecular flexibility index (Phi) is 5.31. The number of aliphatic carboxylic acids is 1. The van der Waals surface area contributed by atoms with Crippen molar-refractivity contribution in [2.75, 3.05) is 23.3 Å². The normalized spacial score (nSPS) is 15.2. The van der Waals surface area contributed by atoms with E-state index in [4.69, 9.17) is 5.11 Å². The molecule has 1 aliphatic heterocycles. The summed E-state index contributed by atoms with van der Waals surface area (Å²) in [5.74, 6) is -0.753. The fourth-order valence-corrected chi connectivity index (χ4v) is 3.14. The molecule has 3 rings (SSSR count). The van der Waals surface area contributed by atoms with Crippen molar-refractivity contribution in [3.8, 4) is 0 Å². The average molecular weight is 325 g/mol. The molecule has 0 aliphatic carbocycles. The highest BCUT2D eigenvalue weighted by atomic mass is 16.4. The summed E-state index contributed by atoms with van der Waals surface area (Å²) < 4.78 is 0. The predicted octanol–water partition coefficient (Wildman–Crippen LogP) is 3.18. The number of anilines is 2. The molecule has 1 aliphatic rings. The van der Waals surface area contributed by atoms with E-state index in [1.165, 1.54) is 5.69 Å². The van der Waals surface area contributed by atoms with Crippen LogP contribution < -0.4 is 10.2 Å². The van der Waals surface area contributed by atoms with Crippen molar-refractivity contribution in [1.29, 1.82) is 0 Å². The van der Waals surface area contributed by atoms with E-state index in [1.807, 2.05) is 24.5 Å². The Morgan fingerprint density at radius 3 is 2.67 bits per heavy atom. The second kappa shape index (κ2) is 7.81. The summed E-state index contributed by atoms with van der Waals surface area (Å²) in [6, 6.07) is 12.7. The number of carboxylic acids is 1. The summed E-state index contributed by atoms with van der Waals surface area (Å²) in [6.07, 6.45) is 6.59. The summed E-state index contributed by atoms with van der Waals surface area (Å²) in [4.78, 5) is 17.2. The van der Waals surface area contributed by atoms with E-state index in [-0.39, 0.29) is 6.42 Å². The van der Waals surface area contributed by atoms with Crippen LogP contribution in [-0.2, 0) is 11.2 Å². The van der Waals surface area contributed by atoms with Gasteiger partial charge in [-0.3, -0.25) is 9.78 Å². The maximum absolute atomic E-state index is 10.7. The number of aryl methyl sites for hydroxylation is 1. The van der Waals surface area contributed by atoms with Crippen LogP contribution in [0.15, 0.2) is 48.8 Å². The van der Waals surface area contributed by atoms with Crippen molar-refractivity contribution in [3.63, 3.8) is 0 Å². The van der Waals surface area contributed by atoms with Gasteiger partial charge in [0.25, 0.3) is 0 Å². The Hall–Kier alpha value is -2.56. The lowest BCUT2D eigenvalue weighted by atomic mass is 10.0. The number of carboxylic acid groups (broad SMARTS) is 1. The van der Waals surface area contributed by atoms with Gasteiger partial charge in [0, 0.05) is 49.3 Å². The summed E-state index contributed by atoms with van der Waals surface area (Å²) in [5.41, 5.74) is 3.39. The van der Waals surface area contributed by atoms with E-state index in [1.54, 1.807) is 0 Å². The molecule has 1 saturated heterocycles. The number of aromatic nitrogens is 1. The lowest BCUT2D eigenvalue weighted by Crippen LogP contribution is -2.39. The van der Waals surface area contributed by atoms with E-state index in [2.05, 4.69) is 39.5 Å². The van der Waals surface area contributed by atoms with Crippen LogP contribution in [0, 0.1) is 0 Å². The van der Waals surface area contributed by atoms with Crippen molar-refractivity contribution < 1.29 is 9.90 Å². The quantitative estimate of drug-likeness (QED) is 0.854. The van der Waals surface area contributed by atoms with Gasteiger partial charge in [-0.15, -0.1) is 0 Å². The third-order valence-electron chi connectivity index (χ3n) is 4.45. The molecule has 0 amide bonds. The number of rotatable bonds is 6. The number of pyridine rings is 1. The van der Waals surface area contributed by atoms with Crippen LogP contribution in [0.25, 0.3) is 0 Å². The molecule has 0 spiro atoms. The van der Waals surface area contributed by atoms with Crippen LogP contribution in [0.5, 0.6) is 0 Å². The Labute approximate surface area is 142 Å². The van der Waals surface area contributed by atoms with Gasteiger partial charge in [0.15, 0.2) is 0 Å². The first-order valence-electron chi connectivity index (χ1n) is 8.43. The van der Waals surface area contributed by atoms with Crippen LogP contribution >= 0.6 is 0 Å². The van der Waals surface area contributed by atoms with E-state index in [0.717, 1.165) is 37.2 Å². The molecule has 0 atom stereocenters. The molecule has 5 heteroatoms. The number of piperidine rings is 1. The van der Waals surface area contributed by atoms with Crippen molar-refractivity contribution in [2.45, 2.75) is 31.7 Å². The third-order valence-corrected chi connectivity index (χ3v) is 4.45. The molecule has 2 heterocycles. The topological polar surface area (TPSA) is 65.5 Å². The minimum absolute atomic E-state index is 0.174. The van der Waals surface area contributed by atoms with Gasteiger partial charge in [0.1, 0.15) is 0 Å². The van der Waals surface area contributed by atoms with E-state index >= 15 is 0 Å². The fraction of sp³-hybridized carbons (Fsp3) is 0.368. The lowest BCUT2D eigenvalue weighted by Gasteiger charge is -2.34. The van der Waals surface area contributed by atoms with E-state index in [9.17, 15) is 4.79 Å². The average Bonchev–Trinajstić information content (AvgIpc) is 2.62. The van der Waals surface area contributed by atoms with Gasteiger partial charge in [-0.2, -0.15) is 0 Å². The van der Waals surface area contributed by atoms with E-state index in [0.29, 0.717) is 12.5 Å². The molecule has 0 unspecified atom stereocenters. The van der Waals surface area contributed by atoms with Crippen LogP contribution in [0.4, 0.5) is 11.4 Å². The number of carbonyl (C=O) groups is 1. The molecule has 1 aromatic heterocycles. The monoisotopic (exact) mass is 325 g/mol. The first-order chi connectivity index (χ1) is 11.7. The van der Waals surface area contributed by atoms with Gasteiger partial charge >= 0.3 is 5.97 Å². The zero-order valence-electron chi connectivity index (χ0n) is 13.7. The summed E-state index contributed by atoms with van der Waals surface area (Å²) in [6.45, 7) is 2.06. The maximum Gasteiger partial charge on any atom is 0.303 e. The second-order valence-corrected chi connectivity index (χ2v) is 6.21. The zero-order chi connectivity index (χ0) is 16.8. The largest absolute Gasteiger partial charge is 0.481 e. The highest BCUT2D eigenvalue weighted by Gasteiger charge is 2.19. The molecular formula is C19H23N3O2. The molecule has 126 valence electrons. The Morgan fingerprint density at radius 1 is 1.21 bits per heavy atom. The minimum Gasteiger partial charge on any atom is -0.481 e. The number of hydrogen-bond donors (Lipinski definition) is 2. The SMILES string of the molecule is O=C(O)CCc1cccc(NC2CCN(c3ccncc3)CC2)c1. The van der Waals surface area contributed by atoms with Gasteiger partial charge in [0.05, 0.1) is 0 Å². The molecular weight excluding hydrogens is 302 g/mol. The van der Waals surface area contributed by atoms with Gasteiger partial charge in [-0.1, -0.05) is 12.1 Å². The van der Waals surface area contributed by atoms with E-state index < -0.39 is 5.97 Å². The van der Waals surface area contributed by atoms with Crippen LogP contribution in [0.2, 0.25) is 0 Å². The first kappa shape index (κ1) is 16.3. The molecule has 2 aromatic rings. The number of benzene rings is 1. The molecule has 0 bridgehead atoms. The maximum atomic E-state index is 10.7. The van der Waals surface area contributed by atoms with Gasteiger partial charge in [-0.05, 0) is 49.1 Å². The summed E-state index contributed by atoms with van der Waals surface area (Å²) in [7, 11) is 0. The Morgan fingerprint density at radius 2 is 1.96 bits per heavy atom. The van der Waals surface area contributed by atoms with Crippen LogP contribution in [-0.4, -0.2) is 35.2 Å². The second-order valence-electron chi connectivity index (χ2n) is 6.21. The number of nitrogens with one attached hydrogen (secondary N) is 1. The van der Waals surface area contributed by atoms with Crippen molar-refractivity contribution in [3.05, 3.63) is 54.4 Å². The van der Waals surface area contributed by atoms with Crippen molar-refractivity contribution in [2.24, 2.45) is 0 Å². The standard InChI is InChI=1S/C19H23N3O2/c23-19(24)5-4-15-2-1-3-17(14-15)21-16-8-12-22(13-9-16)18-6-10-20-11-7-18/h1-3,6-7,10-11,14,16,21H,4-5,8-9,12-13H2,(H,23,24). The smallest absolute Gasteiger partial charge is 0.303 e. The number of hydrogen-bond acceptors (Lipinski definition) is 4. The molecule has 1 aromatic carbocycles. The Balaban J connectivity index is 1.52. The highest BCUT2D eigenvalue weighted by Crippen LogP contribution is 2.22. The van der Waals surface area contributed by atoms with Crippen molar-refractivity contribution >= 4 is 17.3 Å². The van der Waals surface area contributed by atoms with Crippen LogP contribution in [0.1, 0.15) is 24.8 Å². The summed E-state index contributed by atoms with van der Waals surface area (Å²) >= 11 is 0. The zero-order valence-corrected chi connectivity index (χ0v) is 13.7.